The smallest absolute Gasteiger partial charge is 0.242 e. The minimum Gasteiger partial charge on any atom is -0.355 e. The Balaban J connectivity index is 2.15. The topological polar surface area (TPSA) is 49.4 Å². The zero-order chi connectivity index (χ0) is 19.8. The molecular weight excluding hydrogens is 428 g/mol. The Hall–Kier alpha value is -1.85. The Bertz CT molecular complexity index is 797. The second-order valence-corrected chi connectivity index (χ2v) is 7.64. The van der Waals surface area contributed by atoms with Crippen LogP contribution >= 0.6 is 27.5 Å². The number of amides is 2. The molecule has 0 aliphatic heterocycles. The molecule has 0 radical (unpaired) electrons. The molecule has 2 rings (SSSR count). The molecule has 2 amide bonds. The van der Waals surface area contributed by atoms with Crippen molar-refractivity contribution in [2.75, 3.05) is 6.54 Å². The van der Waals surface area contributed by atoms with E-state index in [-0.39, 0.29) is 11.8 Å². The number of halogens is 2. The molecule has 0 aromatic heterocycles. The van der Waals surface area contributed by atoms with E-state index in [0.717, 1.165) is 15.6 Å². The molecule has 1 N–H and O–H groups in total. The number of hydrogen-bond acceptors (Lipinski definition) is 2. The molecular formula is C21H24BrClN2O2. The number of rotatable bonds is 8. The van der Waals surface area contributed by atoms with Crippen molar-refractivity contribution in [2.24, 2.45) is 0 Å². The zero-order valence-corrected chi connectivity index (χ0v) is 17.9. The molecule has 0 saturated carbocycles. The maximum absolute atomic E-state index is 13.0. The van der Waals surface area contributed by atoms with Gasteiger partial charge in [-0.25, -0.2) is 0 Å². The van der Waals surface area contributed by atoms with Gasteiger partial charge in [-0.1, -0.05) is 57.9 Å². The highest BCUT2D eigenvalue weighted by atomic mass is 79.9. The Morgan fingerprint density at radius 2 is 1.93 bits per heavy atom. The number of carbonyl (C=O) groups excluding carboxylic acids is 2. The van der Waals surface area contributed by atoms with Crippen molar-refractivity contribution in [3.63, 3.8) is 0 Å². The number of benzene rings is 2. The van der Waals surface area contributed by atoms with E-state index in [9.17, 15) is 9.59 Å². The number of nitrogens with zero attached hydrogens (tertiary/aromatic N) is 1. The van der Waals surface area contributed by atoms with Gasteiger partial charge in [0.2, 0.25) is 11.8 Å². The summed E-state index contributed by atoms with van der Waals surface area (Å²) in [7, 11) is 0. The molecule has 0 aliphatic carbocycles. The lowest BCUT2D eigenvalue weighted by Gasteiger charge is -2.29. The standard InChI is InChI=1S/C21H24BrClN2O2/c1-3-24-21(27)15(2)25(14-16-7-6-9-18(22)13-16)20(26)12-11-17-8-4-5-10-19(17)23/h4-10,13,15H,3,11-12,14H2,1-2H3,(H,24,27). The number of nitrogens with one attached hydrogen (secondary N) is 1. The molecule has 0 saturated heterocycles. The maximum atomic E-state index is 13.0. The summed E-state index contributed by atoms with van der Waals surface area (Å²) in [6.45, 7) is 4.53. The minimum absolute atomic E-state index is 0.0753. The lowest BCUT2D eigenvalue weighted by atomic mass is 10.1. The number of likely N-dealkylation sites (N-methyl/N-ethyl adjacent to an activating group) is 1. The second-order valence-electron chi connectivity index (χ2n) is 6.31. The largest absolute Gasteiger partial charge is 0.355 e. The number of hydrogen-bond donors (Lipinski definition) is 1. The van der Waals surface area contributed by atoms with Crippen molar-refractivity contribution in [3.8, 4) is 0 Å². The normalized spacial score (nSPS) is 11.7. The monoisotopic (exact) mass is 450 g/mol. The van der Waals surface area contributed by atoms with Crippen LogP contribution in [0.4, 0.5) is 0 Å². The summed E-state index contributed by atoms with van der Waals surface area (Å²) in [6, 6.07) is 14.7. The van der Waals surface area contributed by atoms with E-state index in [2.05, 4.69) is 21.2 Å². The van der Waals surface area contributed by atoms with Crippen LogP contribution in [0.25, 0.3) is 0 Å². The molecule has 0 aliphatic rings. The first-order valence-electron chi connectivity index (χ1n) is 8.97. The van der Waals surface area contributed by atoms with Crippen molar-refractivity contribution in [2.45, 2.75) is 39.3 Å². The lowest BCUT2D eigenvalue weighted by Crippen LogP contribution is -2.47. The lowest BCUT2D eigenvalue weighted by molar-refractivity contribution is -0.140. The van der Waals surface area contributed by atoms with E-state index in [4.69, 9.17) is 11.6 Å². The van der Waals surface area contributed by atoms with Gasteiger partial charge in [0.25, 0.3) is 0 Å². The molecule has 1 atom stereocenters. The Labute approximate surface area is 174 Å². The Kier molecular flexibility index (Phi) is 8.32. The van der Waals surface area contributed by atoms with Crippen molar-refractivity contribution in [3.05, 3.63) is 69.2 Å². The average Bonchev–Trinajstić information content (AvgIpc) is 2.65. The number of carbonyl (C=O) groups is 2. The third-order valence-corrected chi connectivity index (χ3v) is 5.19. The van der Waals surface area contributed by atoms with Crippen LogP contribution in [-0.2, 0) is 22.6 Å². The van der Waals surface area contributed by atoms with Crippen LogP contribution in [0.1, 0.15) is 31.4 Å². The quantitative estimate of drug-likeness (QED) is 0.638. The van der Waals surface area contributed by atoms with Crippen LogP contribution in [0.5, 0.6) is 0 Å². The van der Waals surface area contributed by atoms with Crippen LogP contribution in [-0.4, -0.2) is 29.3 Å². The Morgan fingerprint density at radius 1 is 1.19 bits per heavy atom. The maximum Gasteiger partial charge on any atom is 0.242 e. The summed E-state index contributed by atoms with van der Waals surface area (Å²) in [5.41, 5.74) is 1.90. The van der Waals surface area contributed by atoms with E-state index < -0.39 is 6.04 Å². The summed E-state index contributed by atoms with van der Waals surface area (Å²) in [4.78, 5) is 26.9. The van der Waals surface area contributed by atoms with Gasteiger partial charge in [-0.3, -0.25) is 9.59 Å². The van der Waals surface area contributed by atoms with Crippen LogP contribution in [0.15, 0.2) is 53.0 Å². The van der Waals surface area contributed by atoms with E-state index in [1.807, 2.05) is 55.5 Å². The van der Waals surface area contributed by atoms with Gasteiger partial charge >= 0.3 is 0 Å². The third-order valence-electron chi connectivity index (χ3n) is 4.33. The molecule has 2 aromatic carbocycles. The predicted octanol–water partition coefficient (Wildman–Crippen LogP) is 4.59. The third kappa shape index (κ3) is 6.36. The molecule has 0 spiro atoms. The molecule has 2 aromatic rings. The summed E-state index contributed by atoms with van der Waals surface area (Å²) < 4.78 is 0.939. The predicted molar refractivity (Wildman–Crippen MR) is 113 cm³/mol. The van der Waals surface area contributed by atoms with Gasteiger partial charge in [0.05, 0.1) is 0 Å². The van der Waals surface area contributed by atoms with E-state index in [0.29, 0.717) is 31.0 Å². The van der Waals surface area contributed by atoms with E-state index in [1.165, 1.54) is 0 Å². The van der Waals surface area contributed by atoms with Crippen LogP contribution in [0.2, 0.25) is 5.02 Å². The zero-order valence-electron chi connectivity index (χ0n) is 15.5. The van der Waals surface area contributed by atoms with Crippen LogP contribution in [0.3, 0.4) is 0 Å². The summed E-state index contributed by atoms with van der Waals surface area (Å²) >= 11 is 9.65. The number of aryl methyl sites for hydroxylation is 1. The van der Waals surface area contributed by atoms with Gasteiger partial charge in [0, 0.05) is 29.0 Å². The van der Waals surface area contributed by atoms with E-state index in [1.54, 1.807) is 11.8 Å². The van der Waals surface area contributed by atoms with Gasteiger partial charge in [-0.15, -0.1) is 0 Å². The average molecular weight is 452 g/mol. The first-order chi connectivity index (χ1) is 12.9. The van der Waals surface area contributed by atoms with Gasteiger partial charge in [0.15, 0.2) is 0 Å². The second kappa shape index (κ2) is 10.5. The molecule has 0 bridgehead atoms. The summed E-state index contributed by atoms with van der Waals surface area (Å²) in [5, 5.41) is 3.45. The van der Waals surface area contributed by atoms with Crippen LogP contribution in [0, 0.1) is 0 Å². The molecule has 6 heteroatoms. The molecule has 0 fully saturated rings. The molecule has 0 heterocycles. The van der Waals surface area contributed by atoms with Gasteiger partial charge in [-0.2, -0.15) is 0 Å². The highest BCUT2D eigenvalue weighted by Crippen LogP contribution is 2.19. The van der Waals surface area contributed by atoms with Crippen molar-refractivity contribution in [1.29, 1.82) is 0 Å². The molecule has 27 heavy (non-hydrogen) atoms. The fourth-order valence-electron chi connectivity index (χ4n) is 2.82. The highest BCUT2D eigenvalue weighted by Gasteiger charge is 2.25. The fourth-order valence-corrected chi connectivity index (χ4v) is 3.50. The Morgan fingerprint density at radius 3 is 2.59 bits per heavy atom. The van der Waals surface area contributed by atoms with Gasteiger partial charge < -0.3 is 10.2 Å². The first kappa shape index (κ1) is 21.5. The van der Waals surface area contributed by atoms with E-state index >= 15 is 0 Å². The summed E-state index contributed by atoms with van der Waals surface area (Å²) in [5.74, 6) is -0.229. The van der Waals surface area contributed by atoms with Gasteiger partial charge in [0.1, 0.15) is 6.04 Å². The molecule has 1 unspecified atom stereocenters. The van der Waals surface area contributed by atoms with Gasteiger partial charge in [-0.05, 0) is 49.6 Å². The fraction of sp³-hybridized carbons (Fsp3) is 0.333. The minimum atomic E-state index is -0.553. The van der Waals surface area contributed by atoms with Crippen molar-refractivity contribution in [1.82, 2.24) is 10.2 Å². The molecule has 144 valence electrons. The van der Waals surface area contributed by atoms with Crippen molar-refractivity contribution >= 4 is 39.3 Å². The summed E-state index contributed by atoms with van der Waals surface area (Å²) in [6.07, 6.45) is 0.830. The SMILES string of the molecule is CCNC(=O)C(C)N(Cc1cccc(Br)c1)C(=O)CCc1ccccc1Cl. The van der Waals surface area contributed by atoms with Crippen molar-refractivity contribution < 1.29 is 9.59 Å². The first-order valence-corrected chi connectivity index (χ1v) is 10.1. The highest BCUT2D eigenvalue weighted by molar-refractivity contribution is 9.10. The van der Waals surface area contributed by atoms with Crippen LogP contribution < -0.4 is 5.32 Å². The molecule has 4 nitrogen and oxygen atoms in total.